The maximum absolute atomic E-state index is 5.61. The fraction of sp³-hybridized carbons (Fsp3) is 0.455. The van der Waals surface area contributed by atoms with E-state index in [1.807, 2.05) is 12.1 Å². The van der Waals surface area contributed by atoms with E-state index >= 15 is 0 Å². The quantitative estimate of drug-likeness (QED) is 0.888. The van der Waals surface area contributed by atoms with Crippen molar-refractivity contribution in [2.75, 3.05) is 31.1 Å². The van der Waals surface area contributed by atoms with E-state index in [-0.39, 0.29) is 6.10 Å². The Morgan fingerprint density at radius 3 is 3.13 bits per heavy atom. The molecule has 0 unspecified atom stereocenters. The molecule has 15 heavy (non-hydrogen) atoms. The van der Waals surface area contributed by atoms with Gasteiger partial charge in [0.15, 0.2) is 0 Å². The van der Waals surface area contributed by atoms with Crippen molar-refractivity contribution in [3.05, 3.63) is 28.7 Å². The van der Waals surface area contributed by atoms with Crippen LogP contribution in [0.1, 0.15) is 0 Å². The van der Waals surface area contributed by atoms with E-state index < -0.39 is 0 Å². The molecule has 1 aromatic carbocycles. The normalized spacial score (nSPS) is 21.7. The molecular weight excluding hydrogens is 256 g/mol. The van der Waals surface area contributed by atoms with Gasteiger partial charge < -0.3 is 15.4 Å². The molecule has 0 radical (unpaired) electrons. The second kappa shape index (κ2) is 4.96. The van der Waals surface area contributed by atoms with Gasteiger partial charge in [-0.2, -0.15) is 0 Å². The summed E-state index contributed by atoms with van der Waals surface area (Å²) in [7, 11) is 0. The van der Waals surface area contributed by atoms with Crippen LogP contribution in [0.2, 0.25) is 0 Å². The fourth-order valence-corrected chi connectivity index (χ4v) is 2.16. The summed E-state index contributed by atoms with van der Waals surface area (Å²) in [6, 6.07) is 8.32. The first-order chi connectivity index (χ1) is 7.29. The van der Waals surface area contributed by atoms with Crippen molar-refractivity contribution < 1.29 is 4.74 Å². The highest BCUT2D eigenvalue weighted by Gasteiger charge is 2.19. The van der Waals surface area contributed by atoms with Gasteiger partial charge >= 0.3 is 0 Å². The average Bonchev–Trinajstić information content (AvgIpc) is 2.29. The van der Waals surface area contributed by atoms with Crippen molar-refractivity contribution in [1.29, 1.82) is 0 Å². The van der Waals surface area contributed by atoms with Crippen molar-refractivity contribution in [1.82, 2.24) is 0 Å². The molecular formula is C11H15BrN2O. The van der Waals surface area contributed by atoms with Crippen LogP contribution in [0.15, 0.2) is 28.7 Å². The monoisotopic (exact) mass is 270 g/mol. The van der Waals surface area contributed by atoms with Crippen LogP contribution in [0.25, 0.3) is 0 Å². The fourth-order valence-electron chi connectivity index (χ4n) is 1.77. The van der Waals surface area contributed by atoms with E-state index in [2.05, 4.69) is 33.0 Å². The third-order valence-corrected chi connectivity index (χ3v) is 3.07. The van der Waals surface area contributed by atoms with Gasteiger partial charge in [-0.25, -0.2) is 0 Å². The summed E-state index contributed by atoms with van der Waals surface area (Å²) in [5, 5.41) is 0. The van der Waals surface area contributed by atoms with Crippen molar-refractivity contribution >= 4 is 21.6 Å². The Kier molecular flexibility index (Phi) is 3.61. The van der Waals surface area contributed by atoms with Crippen molar-refractivity contribution in [2.24, 2.45) is 5.73 Å². The van der Waals surface area contributed by atoms with E-state index in [1.54, 1.807) is 0 Å². The molecule has 3 nitrogen and oxygen atoms in total. The lowest BCUT2D eigenvalue weighted by molar-refractivity contribution is 0.0466. The summed E-state index contributed by atoms with van der Waals surface area (Å²) in [5.41, 5.74) is 6.84. The number of rotatable bonds is 2. The minimum atomic E-state index is 0.165. The molecule has 1 heterocycles. The van der Waals surface area contributed by atoms with E-state index in [9.17, 15) is 0 Å². The lowest BCUT2D eigenvalue weighted by Gasteiger charge is -2.34. The van der Waals surface area contributed by atoms with Gasteiger partial charge in [-0.15, -0.1) is 0 Å². The Hall–Kier alpha value is -0.580. The van der Waals surface area contributed by atoms with Crippen molar-refractivity contribution in [2.45, 2.75) is 6.10 Å². The first-order valence-corrected chi connectivity index (χ1v) is 5.91. The Balaban J connectivity index is 2.09. The molecule has 1 aliphatic rings. The smallest absolute Gasteiger partial charge is 0.0872 e. The van der Waals surface area contributed by atoms with Gasteiger partial charge in [0.05, 0.1) is 12.7 Å². The SMILES string of the molecule is NC[C@H]1CN(c2cccc(Br)c2)CCO1. The first kappa shape index (κ1) is 10.9. The van der Waals surface area contributed by atoms with Gasteiger partial charge in [0.25, 0.3) is 0 Å². The van der Waals surface area contributed by atoms with E-state index in [0.29, 0.717) is 6.54 Å². The predicted octanol–water partition coefficient (Wildman–Crippen LogP) is 1.61. The molecule has 1 aromatic rings. The van der Waals surface area contributed by atoms with E-state index in [1.165, 1.54) is 5.69 Å². The lowest BCUT2D eigenvalue weighted by Crippen LogP contribution is -2.45. The molecule has 1 saturated heterocycles. The minimum absolute atomic E-state index is 0.165. The van der Waals surface area contributed by atoms with Crippen LogP contribution in [-0.2, 0) is 4.74 Å². The summed E-state index contributed by atoms with van der Waals surface area (Å²) < 4.78 is 6.64. The third-order valence-electron chi connectivity index (χ3n) is 2.58. The average molecular weight is 271 g/mol. The zero-order valence-electron chi connectivity index (χ0n) is 8.53. The molecule has 4 heteroatoms. The summed E-state index contributed by atoms with van der Waals surface area (Å²) in [4.78, 5) is 2.31. The van der Waals surface area contributed by atoms with Gasteiger partial charge in [0, 0.05) is 29.8 Å². The van der Waals surface area contributed by atoms with Crippen LogP contribution in [0.4, 0.5) is 5.69 Å². The first-order valence-electron chi connectivity index (χ1n) is 5.12. The molecule has 0 aliphatic carbocycles. The largest absolute Gasteiger partial charge is 0.373 e. The molecule has 2 rings (SSSR count). The van der Waals surface area contributed by atoms with E-state index in [0.717, 1.165) is 24.2 Å². The maximum Gasteiger partial charge on any atom is 0.0872 e. The molecule has 1 fully saturated rings. The topological polar surface area (TPSA) is 38.5 Å². The summed E-state index contributed by atoms with van der Waals surface area (Å²) in [6.45, 7) is 3.17. The maximum atomic E-state index is 5.61. The van der Waals surface area contributed by atoms with Crippen molar-refractivity contribution in [3.63, 3.8) is 0 Å². The molecule has 0 saturated carbocycles. The van der Waals surface area contributed by atoms with Crippen LogP contribution >= 0.6 is 15.9 Å². The molecule has 1 atom stereocenters. The highest BCUT2D eigenvalue weighted by molar-refractivity contribution is 9.10. The van der Waals surface area contributed by atoms with Crippen LogP contribution < -0.4 is 10.6 Å². The van der Waals surface area contributed by atoms with Gasteiger partial charge in [-0.3, -0.25) is 0 Å². The Morgan fingerprint density at radius 1 is 1.53 bits per heavy atom. The summed E-state index contributed by atoms with van der Waals surface area (Å²) in [6.07, 6.45) is 0.165. The molecule has 82 valence electrons. The number of nitrogens with two attached hydrogens (primary N) is 1. The molecule has 2 N–H and O–H groups in total. The summed E-state index contributed by atoms with van der Waals surface area (Å²) >= 11 is 3.48. The van der Waals surface area contributed by atoms with Crippen molar-refractivity contribution in [3.8, 4) is 0 Å². The van der Waals surface area contributed by atoms with Gasteiger partial charge in [0.2, 0.25) is 0 Å². The second-order valence-corrected chi connectivity index (χ2v) is 4.57. The molecule has 0 spiro atoms. The van der Waals surface area contributed by atoms with Crippen LogP contribution in [0.5, 0.6) is 0 Å². The second-order valence-electron chi connectivity index (χ2n) is 3.65. The molecule has 1 aliphatic heterocycles. The third kappa shape index (κ3) is 2.71. The number of benzene rings is 1. The van der Waals surface area contributed by atoms with Gasteiger partial charge in [-0.05, 0) is 18.2 Å². The van der Waals surface area contributed by atoms with Crippen LogP contribution in [0.3, 0.4) is 0 Å². The predicted molar refractivity (Wildman–Crippen MR) is 65.1 cm³/mol. The number of anilines is 1. The van der Waals surface area contributed by atoms with Gasteiger partial charge in [0.1, 0.15) is 0 Å². The summed E-state index contributed by atoms with van der Waals surface area (Å²) in [5.74, 6) is 0. The number of hydrogen-bond acceptors (Lipinski definition) is 3. The Morgan fingerprint density at radius 2 is 2.40 bits per heavy atom. The number of hydrogen-bond donors (Lipinski definition) is 1. The number of morpholine rings is 1. The van der Waals surface area contributed by atoms with Crippen LogP contribution in [-0.4, -0.2) is 32.3 Å². The lowest BCUT2D eigenvalue weighted by atomic mass is 10.2. The zero-order valence-corrected chi connectivity index (χ0v) is 10.1. The standard InChI is InChI=1S/C11H15BrN2O/c12-9-2-1-3-10(6-9)14-4-5-15-11(7-13)8-14/h1-3,6,11H,4-5,7-8,13H2/t11-/m0/s1. The number of halogens is 1. The molecule has 0 amide bonds. The van der Waals surface area contributed by atoms with Crippen LogP contribution in [0, 0.1) is 0 Å². The minimum Gasteiger partial charge on any atom is -0.373 e. The highest BCUT2D eigenvalue weighted by Crippen LogP contribution is 2.21. The Bertz CT molecular complexity index is 332. The highest BCUT2D eigenvalue weighted by atomic mass is 79.9. The molecule has 0 bridgehead atoms. The van der Waals surface area contributed by atoms with E-state index in [4.69, 9.17) is 10.5 Å². The molecule has 0 aromatic heterocycles. The van der Waals surface area contributed by atoms with Gasteiger partial charge in [-0.1, -0.05) is 22.0 Å². The zero-order chi connectivity index (χ0) is 10.7. The number of ether oxygens (including phenoxy) is 1. The number of nitrogens with zero attached hydrogens (tertiary/aromatic N) is 1. The Labute approximate surface area is 98.3 Å².